The maximum absolute atomic E-state index is 13.7. The molecule has 17 heavy (non-hydrogen) atoms. The van der Waals surface area contributed by atoms with Crippen molar-refractivity contribution < 1.29 is 13.5 Å². The minimum absolute atomic E-state index is 0.212. The molecule has 2 unspecified atom stereocenters. The van der Waals surface area contributed by atoms with Crippen LogP contribution in [-0.2, 0) is 4.74 Å². The Labute approximate surface area is 101 Å². The SMILES string of the molecule is CCNC(c1cccc(F)c1F)C(C)OCC. The van der Waals surface area contributed by atoms with Gasteiger partial charge < -0.3 is 10.1 Å². The zero-order chi connectivity index (χ0) is 12.8. The molecule has 0 aliphatic carbocycles. The maximum Gasteiger partial charge on any atom is 0.163 e. The highest BCUT2D eigenvalue weighted by Crippen LogP contribution is 2.23. The number of benzene rings is 1. The van der Waals surface area contributed by atoms with Crippen molar-refractivity contribution in [2.75, 3.05) is 13.2 Å². The van der Waals surface area contributed by atoms with Gasteiger partial charge in [0.15, 0.2) is 11.6 Å². The molecule has 0 fully saturated rings. The molecule has 96 valence electrons. The summed E-state index contributed by atoms with van der Waals surface area (Å²) in [6.45, 7) is 6.85. The number of hydrogen-bond donors (Lipinski definition) is 1. The van der Waals surface area contributed by atoms with E-state index in [2.05, 4.69) is 5.32 Å². The van der Waals surface area contributed by atoms with Crippen molar-refractivity contribution in [3.63, 3.8) is 0 Å². The molecule has 0 radical (unpaired) electrons. The molecule has 0 aromatic heterocycles. The number of likely N-dealkylation sites (N-methyl/N-ethyl adjacent to an activating group) is 1. The third-order valence-electron chi connectivity index (χ3n) is 2.64. The smallest absolute Gasteiger partial charge is 0.163 e. The van der Waals surface area contributed by atoms with Crippen molar-refractivity contribution in [3.8, 4) is 0 Å². The van der Waals surface area contributed by atoms with Crippen LogP contribution in [0.3, 0.4) is 0 Å². The Kier molecular flexibility index (Phi) is 5.51. The van der Waals surface area contributed by atoms with Crippen LogP contribution in [0, 0.1) is 11.6 Å². The minimum atomic E-state index is -0.825. The molecule has 4 heteroatoms. The first-order chi connectivity index (χ1) is 8.11. The Balaban J connectivity index is 3.00. The first-order valence-electron chi connectivity index (χ1n) is 5.90. The summed E-state index contributed by atoms with van der Waals surface area (Å²) < 4.78 is 32.3. The van der Waals surface area contributed by atoms with Gasteiger partial charge in [-0.3, -0.25) is 0 Å². The number of ether oxygens (including phenoxy) is 1. The van der Waals surface area contributed by atoms with Crippen molar-refractivity contribution in [1.29, 1.82) is 0 Å². The summed E-state index contributed by atoms with van der Waals surface area (Å²) in [5.74, 6) is -1.63. The standard InChI is InChI=1S/C13H19F2NO/c1-4-16-13(9(3)17-5-2)10-7-6-8-11(14)12(10)15/h6-9,13,16H,4-5H2,1-3H3. The van der Waals surface area contributed by atoms with Crippen LogP contribution in [0.1, 0.15) is 32.4 Å². The van der Waals surface area contributed by atoms with E-state index in [1.165, 1.54) is 6.07 Å². The van der Waals surface area contributed by atoms with E-state index in [0.717, 1.165) is 6.07 Å². The summed E-state index contributed by atoms with van der Waals surface area (Å²) in [4.78, 5) is 0. The molecular formula is C13H19F2NO. The highest BCUT2D eigenvalue weighted by atomic mass is 19.2. The van der Waals surface area contributed by atoms with Crippen LogP contribution in [0.4, 0.5) is 8.78 Å². The maximum atomic E-state index is 13.7. The Morgan fingerprint density at radius 2 is 2.00 bits per heavy atom. The average molecular weight is 243 g/mol. The van der Waals surface area contributed by atoms with E-state index in [9.17, 15) is 8.78 Å². The number of rotatable bonds is 6. The molecule has 1 rings (SSSR count). The van der Waals surface area contributed by atoms with Gasteiger partial charge in [-0.05, 0) is 26.5 Å². The van der Waals surface area contributed by atoms with Crippen molar-refractivity contribution >= 4 is 0 Å². The summed E-state index contributed by atoms with van der Waals surface area (Å²) in [6, 6.07) is 3.88. The summed E-state index contributed by atoms with van der Waals surface area (Å²) in [5.41, 5.74) is 0.313. The van der Waals surface area contributed by atoms with Gasteiger partial charge >= 0.3 is 0 Å². The van der Waals surface area contributed by atoms with E-state index in [1.807, 2.05) is 20.8 Å². The van der Waals surface area contributed by atoms with E-state index in [0.29, 0.717) is 18.7 Å². The first-order valence-corrected chi connectivity index (χ1v) is 5.90. The molecular weight excluding hydrogens is 224 g/mol. The second kappa shape index (κ2) is 6.67. The van der Waals surface area contributed by atoms with E-state index >= 15 is 0 Å². The summed E-state index contributed by atoms with van der Waals surface area (Å²) in [6.07, 6.45) is -0.212. The Morgan fingerprint density at radius 1 is 1.29 bits per heavy atom. The Hall–Kier alpha value is -1.00. The van der Waals surface area contributed by atoms with Gasteiger partial charge in [-0.25, -0.2) is 8.78 Å². The number of nitrogens with one attached hydrogen (secondary N) is 1. The predicted octanol–water partition coefficient (Wildman–Crippen LogP) is 3.04. The van der Waals surface area contributed by atoms with Crippen molar-refractivity contribution in [2.45, 2.75) is 32.9 Å². The van der Waals surface area contributed by atoms with Gasteiger partial charge in [0.05, 0.1) is 12.1 Å². The van der Waals surface area contributed by atoms with Gasteiger partial charge in [-0.2, -0.15) is 0 Å². The Morgan fingerprint density at radius 3 is 2.59 bits per heavy atom. The van der Waals surface area contributed by atoms with Gasteiger partial charge in [0.1, 0.15) is 0 Å². The van der Waals surface area contributed by atoms with Gasteiger partial charge in [-0.1, -0.05) is 19.1 Å². The van der Waals surface area contributed by atoms with Gasteiger partial charge in [0.25, 0.3) is 0 Å². The van der Waals surface area contributed by atoms with Crippen molar-refractivity contribution in [1.82, 2.24) is 5.32 Å². The molecule has 0 heterocycles. The molecule has 0 bridgehead atoms. The molecule has 0 saturated carbocycles. The van der Waals surface area contributed by atoms with E-state index in [1.54, 1.807) is 6.07 Å². The average Bonchev–Trinajstić information content (AvgIpc) is 2.30. The zero-order valence-electron chi connectivity index (χ0n) is 10.5. The highest BCUT2D eigenvalue weighted by Gasteiger charge is 2.23. The largest absolute Gasteiger partial charge is 0.377 e. The quantitative estimate of drug-likeness (QED) is 0.829. The molecule has 1 aromatic carbocycles. The normalized spacial score (nSPS) is 14.6. The summed E-state index contributed by atoms with van der Waals surface area (Å²) in [5, 5.41) is 3.12. The molecule has 0 amide bonds. The van der Waals surface area contributed by atoms with Crippen LogP contribution in [0.25, 0.3) is 0 Å². The van der Waals surface area contributed by atoms with Crippen LogP contribution in [0.2, 0.25) is 0 Å². The third kappa shape index (κ3) is 3.48. The lowest BCUT2D eigenvalue weighted by Crippen LogP contribution is -2.32. The molecule has 0 saturated heterocycles. The molecule has 0 aliphatic heterocycles. The van der Waals surface area contributed by atoms with Crippen LogP contribution < -0.4 is 5.32 Å². The highest BCUT2D eigenvalue weighted by molar-refractivity contribution is 5.23. The summed E-state index contributed by atoms with van der Waals surface area (Å²) in [7, 11) is 0. The topological polar surface area (TPSA) is 21.3 Å². The van der Waals surface area contributed by atoms with Gasteiger partial charge in [-0.15, -0.1) is 0 Å². The minimum Gasteiger partial charge on any atom is -0.377 e. The molecule has 2 atom stereocenters. The van der Waals surface area contributed by atoms with E-state index < -0.39 is 11.6 Å². The fraction of sp³-hybridized carbons (Fsp3) is 0.538. The lowest BCUT2D eigenvalue weighted by Gasteiger charge is -2.25. The van der Waals surface area contributed by atoms with Gasteiger partial charge in [0, 0.05) is 12.2 Å². The third-order valence-corrected chi connectivity index (χ3v) is 2.64. The van der Waals surface area contributed by atoms with Crippen LogP contribution in [0.5, 0.6) is 0 Å². The van der Waals surface area contributed by atoms with Crippen LogP contribution in [-0.4, -0.2) is 19.3 Å². The fourth-order valence-electron chi connectivity index (χ4n) is 1.87. The first kappa shape index (κ1) is 14.1. The van der Waals surface area contributed by atoms with Crippen molar-refractivity contribution in [2.24, 2.45) is 0 Å². The lowest BCUT2D eigenvalue weighted by atomic mass is 10.0. The second-order valence-corrected chi connectivity index (χ2v) is 3.84. The predicted molar refractivity (Wildman–Crippen MR) is 63.9 cm³/mol. The van der Waals surface area contributed by atoms with Crippen LogP contribution >= 0.6 is 0 Å². The van der Waals surface area contributed by atoms with Crippen LogP contribution in [0.15, 0.2) is 18.2 Å². The Bertz CT molecular complexity index is 357. The lowest BCUT2D eigenvalue weighted by molar-refractivity contribution is 0.0465. The molecule has 0 spiro atoms. The molecule has 1 N–H and O–H groups in total. The fourth-order valence-corrected chi connectivity index (χ4v) is 1.87. The second-order valence-electron chi connectivity index (χ2n) is 3.84. The molecule has 2 nitrogen and oxygen atoms in total. The van der Waals surface area contributed by atoms with Gasteiger partial charge in [0.2, 0.25) is 0 Å². The summed E-state index contributed by atoms with van der Waals surface area (Å²) >= 11 is 0. The van der Waals surface area contributed by atoms with E-state index in [-0.39, 0.29) is 12.1 Å². The monoisotopic (exact) mass is 243 g/mol. The van der Waals surface area contributed by atoms with Crippen molar-refractivity contribution in [3.05, 3.63) is 35.4 Å². The number of halogens is 2. The molecule has 1 aromatic rings. The zero-order valence-corrected chi connectivity index (χ0v) is 10.5. The number of hydrogen-bond acceptors (Lipinski definition) is 2. The molecule has 0 aliphatic rings. The van der Waals surface area contributed by atoms with E-state index in [4.69, 9.17) is 4.74 Å².